The van der Waals surface area contributed by atoms with Crippen molar-refractivity contribution in [2.75, 3.05) is 26.2 Å². The van der Waals surface area contributed by atoms with E-state index in [1.807, 2.05) is 11.0 Å². The lowest BCUT2D eigenvalue weighted by molar-refractivity contribution is -0.136. The number of benzene rings is 1. The van der Waals surface area contributed by atoms with Crippen LogP contribution >= 0.6 is 0 Å². The second-order valence-corrected chi connectivity index (χ2v) is 9.31. The van der Waals surface area contributed by atoms with E-state index in [-0.39, 0.29) is 30.0 Å². The maximum atomic E-state index is 12.7. The SMILES string of the molecule is C[C@@H]1CN(Cc2ccccc2CNC(=O)C2CCN(C(=O)C3CC3)CC2)C[C@@H](C)O1. The van der Waals surface area contributed by atoms with Gasteiger partial charge < -0.3 is 15.0 Å². The van der Waals surface area contributed by atoms with Crippen LogP contribution < -0.4 is 5.32 Å². The summed E-state index contributed by atoms with van der Waals surface area (Å²) in [5, 5.41) is 3.16. The highest BCUT2D eigenvalue weighted by molar-refractivity contribution is 5.82. The van der Waals surface area contributed by atoms with Crippen molar-refractivity contribution >= 4 is 11.8 Å². The van der Waals surface area contributed by atoms with Crippen molar-refractivity contribution in [3.05, 3.63) is 35.4 Å². The summed E-state index contributed by atoms with van der Waals surface area (Å²) >= 11 is 0. The molecule has 0 spiro atoms. The number of morpholine rings is 1. The number of nitrogens with zero attached hydrogens (tertiary/aromatic N) is 2. The number of rotatable bonds is 6. The van der Waals surface area contributed by atoms with Crippen LogP contribution in [0.2, 0.25) is 0 Å². The highest BCUT2D eigenvalue weighted by Gasteiger charge is 2.36. The largest absolute Gasteiger partial charge is 0.373 e. The average molecular weight is 414 g/mol. The number of ether oxygens (including phenoxy) is 1. The summed E-state index contributed by atoms with van der Waals surface area (Å²) in [7, 11) is 0. The second kappa shape index (κ2) is 9.48. The van der Waals surface area contributed by atoms with Crippen LogP contribution in [0.15, 0.2) is 24.3 Å². The molecule has 6 heteroatoms. The molecule has 2 atom stereocenters. The summed E-state index contributed by atoms with van der Waals surface area (Å²) in [4.78, 5) is 29.3. The van der Waals surface area contributed by atoms with E-state index in [1.54, 1.807) is 0 Å². The molecule has 2 heterocycles. The van der Waals surface area contributed by atoms with Crippen molar-refractivity contribution in [3.8, 4) is 0 Å². The summed E-state index contributed by atoms with van der Waals surface area (Å²) in [6, 6.07) is 8.38. The molecule has 6 nitrogen and oxygen atoms in total. The predicted molar refractivity (Wildman–Crippen MR) is 116 cm³/mol. The van der Waals surface area contributed by atoms with Gasteiger partial charge in [-0.15, -0.1) is 0 Å². The van der Waals surface area contributed by atoms with Crippen LogP contribution in [0.4, 0.5) is 0 Å². The van der Waals surface area contributed by atoms with E-state index < -0.39 is 0 Å². The van der Waals surface area contributed by atoms with Crippen LogP contribution in [0.3, 0.4) is 0 Å². The van der Waals surface area contributed by atoms with Crippen LogP contribution in [0.5, 0.6) is 0 Å². The maximum absolute atomic E-state index is 12.7. The monoisotopic (exact) mass is 413 g/mol. The number of likely N-dealkylation sites (tertiary alicyclic amines) is 1. The highest BCUT2D eigenvalue weighted by atomic mass is 16.5. The van der Waals surface area contributed by atoms with Crippen molar-refractivity contribution in [2.45, 2.75) is 64.8 Å². The lowest BCUT2D eigenvalue weighted by atomic mass is 9.95. The zero-order valence-corrected chi connectivity index (χ0v) is 18.3. The van der Waals surface area contributed by atoms with E-state index in [0.29, 0.717) is 12.5 Å². The zero-order valence-electron chi connectivity index (χ0n) is 18.3. The van der Waals surface area contributed by atoms with Gasteiger partial charge in [-0.3, -0.25) is 14.5 Å². The lowest BCUT2D eigenvalue weighted by Gasteiger charge is -2.35. The van der Waals surface area contributed by atoms with Crippen LogP contribution in [0.1, 0.15) is 50.7 Å². The van der Waals surface area contributed by atoms with Gasteiger partial charge in [0, 0.05) is 51.1 Å². The lowest BCUT2D eigenvalue weighted by Crippen LogP contribution is -2.45. The van der Waals surface area contributed by atoms with E-state index in [2.05, 4.69) is 42.3 Å². The van der Waals surface area contributed by atoms with Gasteiger partial charge in [-0.1, -0.05) is 24.3 Å². The predicted octanol–water partition coefficient (Wildman–Crippen LogP) is 2.56. The Morgan fingerprint density at radius 2 is 1.60 bits per heavy atom. The minimum Gasteiger partial charge on any atom is -0.373 e. The summed E-state index contributed by atoms with van der Waals surface area (Å²) in [6.07, 6.45) is 4.13. The van der Waals surface area contributed by atoms with Crippen molar-refractivity contribution < 1.29 is 14.3 Å². The summed E-state index contributed by atoms with van der Waals surface area (Å²) in [6.45, 7) is 9.00. The second-order valence-electron chi connectivity index (χ2n) is 9.31. The van der Waals surface area contributed by atoms with E-state index in [4.69, 9.17) is 4.74 Å². The molecule has 2 saturated heterocycles. The number of carbonyl (C=O) groups excluding carboxylic acids is 2. The Morgan fingerprint density at radius 1 is 0.967 bits per heavy atom. The number of nitrogens with one attached hydrogen (secondary N) is 1. The molecule has 1 aromatic rings. The molecule has 0 aromatic heterocycles. The third-order valence-corrected chi connectivity index (χ3v) is 6.56. The normalized spacial score (nSPS) is 25.9. The first-order valence-corrected chi connectivity index (χ1v) is 11.5. The first kappa shape index (κ1) is 21.3. The van der Waals surface area contributed by atoms with Crippen molar-refractivity contribution in [1.82, 2.24) is 15.1 Å². The summed E-state index contributed by atoms with van der Waals surface area (Å²) < 4.78 is 5.85. The van der Waals surface area contributed by atoms with Gasteiger partial charge in [0.15, 0.2) is 0 Å². The van der Waals surface area contributed by atoms with Crippen LogP contribution in [-0.2, 0) is 27.4 Å². The molecule has 4 rings (SSSR count). The molecule has 30 heavy (non-hydrogen) atoms. The molecule has 0 unspecified atom stereocenters. The zero-order chi connectivity index (χ0) is 21.1. The molecular weight excluding hydrogens is 378 g/mol. The quantitative estimate of drug-likeness (QED) is 0.779. The Kier molecular flexibility index (Phi) is 6.74. The van der Waals surface area contributed by atoms with Gasteiger partial charge in [-0.25, -0.2) is 0 Å². The Morgan fingerprint density at radius 3 is 2.23 bits per heavy atom. The van der Waals surface area contributed by atoms with Gasteiger partial charge in [0.1, 0.15) is 0 Å². The van der Waals surface area contributed by atoms with Crippen molar-refractivity contribution in [3.63, 3.8) is 0 Å². The summed E-state index contributed by atoms with van der Waals surface area (Å²) in [5.41, 5.74) is 2.45. The van der Waals surface area contributed by atoms with Gasteiger partial charge in [0.25, 0.3) is 0 Å². The molecule has 2 aliphatic heterocycles. The summed E-state index contributed by atoms with van der Waals surface area (Å²) in [5.74, 6) is 0.706. The molecule has 1 aromatic carbocycles. The Hall–Kier alpha value is -1.92. The van der Waals surface area contributed by atoms with E-state index in [0.717, 1.165) is 58.4 Å². The highest BCUT2D eigenvalue weighted by Crippen LogP contribution is 2.32. The van der Waals surface area contributed by atoms with Gasteiger partial charge >= 0.3 is 0 Å². The molecule has 3 aliphatic rings. The maximum Gasteiger partial charge on any atom is 0.225 e. The smallest absolute Gasteiger partial charge is 0.225 e. The molecule has 2 amide bonds. The molecule has 164 valence electrons. The standard InChI is InChI=1S/C24H35N3O3/c1-17-14-26(15-18(2)30-17)16-22-6-4-3-5-21(22)13-25-23(28)19-9-11-27(12-10-19)24(29)20-7-8-20/h3-6,17-20H,7-16H2,1-2H3,(H,25,28)/t17-,18-/m1/s1. The van der Waals surface area contributed by atoms with E-state index in [1.165, 1.54) is 11.1 Å². The van der Waals surface area contributed by atoms with Gasteiger partial charge in [-0.05, 0) is 50.7 Å². The van der Waals surface area contributed by atoms with E-state index in [9.17, 15) is 9.59 Å². The van der Waals surface area contributed by atoms with Crippen LogP contribution in [0.25, 0.3) is 0 Å². The number of amides is 2. The minimum absolute atomic E-state index is 0.0151. The molecule has 0 bridgehead atoms. The third kappa shape index (κ3) is 5.41. The topological polar surface area (TPSA) is 61.9 Å². The van der Waals surface area contributed by atoms with Crippen molar-refractivity contribution in [2.24, 2.45) is 11.8 Å². The number of hydrogen-bond donors (Lipinski definition) is 1. The van der Waals surface area contributed by atoms with Crippen molar-refractivity contribution in [1.29, 1.82) is 0 Å². The molecule has 1 saturated carbocycles. The fourth-order valence-electron chi connectivity index (χ4n) is 4.82. The Balaban J connectivity index is 1.27. The first-order chi connectivity index (χ1) is 14.5. The average Bonchev–Trinajstić information content (AvgIpc) is 3.57. The molecule has 1 aliphatic carbocycles. The number of piperidine rings is 1. The first-order valence-electron chi connectivity index (χ1n) is 11.5. The van der Waals surface area contributed by atoms with Gasteiger partial charge in [-0.2, -0.15) is 0 Å². The molecular formula is C24H35N3O3. The van der Waals surface area contributed by atoms with Crippen LogP contribution in [0, 0.1) is 11.8 Å². The molecule has 3 fully saturated rings. The fraction of sp³-hybridized carbons (Fsp3) is 0.667. The third-order valence-electron chi connectivity index (χ3n) is 6.56. The minimum atomic E-state index is 0.0151. The Labute approximate surface area is 179 Å². The number of hydrogen-bond acceptors (Lipinski definition) is 4. The fourth-order valence-corrected chi connectivity index (χ4v) is 4.82. The van der Waals surface area contributed by atoms with Crippen LogP contribution in [-0.4, -0.2) is 60.0 Å². The number of carbonyl (C=O) groups is 2. The Bertz CT molecular complexity index is 746. The molecule has 0 radical (unpaired) electrons. The van der Waals surface area contributed by atoms with E-state index >= 15 is 0 Å². The molecule has 1 N–H and O–H groups in total. The van der Waals surface area contributed by atoms with Gasteiger partial charge in [0.05, 0.1) is 12.2 Å². The van der Waals surface area contributed by atoms with Gasteiger partial charge in [0.2, 0.25) is 11.8 Å².